The Morgan fingerprint density at radius 3 is 2.94 bits per heavy atom. The number of carbonyl (C=O) groups excluding carboxylic acids is 1. The molecule has 2 heterocycles. The third kappa shape index (κ3) is 2.38. The highest BCUT2D eigenvalue weighted by molar-refractivity contribution is 7.12. The number of furan rings is 1. The summed E-state index contributed by atoms with van der Waals surface area (Å²) in [6, 6.07) is 6.96. The molecule has 0 saturated heterocycles. The van der Waals surface area contributed by atoms with Gasteiger partial charge in [-0.15, -0.1) is 11.3 Å². The first-order valence-corrected chi connectivity index (χ1v) is 5.48. The van der Waals surface area contributed by atoms with Crippen molar-refractivity contribution in [3.63, 3.8) is 0 Å². The van der Waals surface area contributed by atoms with Gasteiger partial charge in [0.2, 0.25) is 5.76 Å². The maximum atomic E-state index is 11.4. The lowest BCUT2D eigenvalue weighted by atomic mass is 10.3. The predicted molar refractivity (Wildman–Crippen MR) is 60.7 cm³/mol. The van der Waals surface area contributed by atoms with E-state index in [1.165, 1.54) is 23.7 Å². The molecule has 2 aromatic rings. The maximum Gasteiger partial charge on any atom is 0.400 e. The van der Waals surface area contributed by atoms with E-state index in [1.54, 1.807) is 13.0 Å². The number of nitrogens with zero attached hydrogens (tertiary/aromatic N) is 1. The van der Waals surface area contributed by atoms with Crippen LogP contribution in [0.25, 0.3) is 0 Å². The number of hydrogen-bond donors (Lipinski definition) is 0. The minimum absolute atomic E-state index is 0.141. The van der Waals surface area contributed by atoms with E-state index in [0.717, 1.165) is 4.88 Å². The second kappa shape index (κ2) is 4.76. The molecule has 0 unspecified atom stereocenters. The Morgan fingerprint density at radius 2 is 2.31 bits per heavy atom. The molecule has 2 rings (SSSR count). The molecule has 5 heteroatoms. The summed E-state index contributed by atoms with van der Waals surface area (Å²) in [4.78, 5) is 17.1. The smallest absolute Gasteiger partial charge is 0.400 e. The SMILES string of the molecule is C/C(=N\OC(=O)c1ccco1)c1cccs1. The van der Waals surface area contributed by atoms with Gasteiger partial charge in [-0.2, -0.15) is 0 Å². The molecular weight excluding hydrogens is 226 g/mol. The molecule has 16 heavy (non-hydrogen) atoms. The van der Waals surface area contributed by atoms with E-state index in [1.807, 2.05) is 17.5 Å². The van der Waals surface area contributed by atoms with Crippen molar-refractivity contribution in [2.45, 2.75) is 6.92 Å². The van der Waals surface area contributed by atoms with Gasteiger partial charge in [-0.1, -0.05) is 11.2 Å². The highest BCUT2D eigenvalue weighted by Gasteiger charge is 2.10. The summed E-state index contributed by atoms with van der Waals surface area (Å²) < 4.78 is 4.88. The summed E-state index contributed by atoms with van der Waals surface area (Å²) in [6.45, 7) is 1.78. The van der Waals surface area contributed by atoms with Crippen LogP contribution in [-0.2, 0) is 4.84 Å². The van der Waals surface area contributed by atoms with Crippen LogP contribution in [0.2, 0.25) is 0 Å². The number of oxime groups is 1. The average molecular weight is 235 g/mol. The van der Waals surface area contributed by atoms with Crippen LogP contribution in [0.15, 0.2) is 45.5 Å². The second-order valence-electron chi connectivity index (χ2n) is 3.01. The minimum atomic E-state index is -0.596. The maximum absolute atomic E-state index is 11.4. The molecule has 0 N–H and O–H groups in total. The summed E-state index contributed by atoms with van der Waals surface area (Å²) in [7, 11) is 0. The van der Waals surface area contributed by atoms with Crippen LogP contribution in [0.1, 0.15) is 22.4 Å². The topological polar surface area (TPSA) is 51.8 Å². The Balaban J connectivity index is 2.02. The van der Waals surface area contributed by atoms with E-state index >= 15 is 0 Å². The van der Waals surface area contributed by atoms with Crippen LogP contribution in [0.3, 0.4) is 0 Å². The van der Waals surface area contributed by atoms with Crippen molar-refractivity contribution in [2.24, 2.45) is 5.16 Å². The van der Waals surface area contributed by atoms with Gasteiger partial charge in [-0.25, -0.2) is 4.79 Å². The van der Waals surface area contributed by atoms with Crippen molar-refractivity contribution in [3.05, 3.63) is 46.5 Å². The van der Waals surface area contributed by atoms with Gasteiger partial charge < -0.3 is 9.25 Å². The van der Waals surface area contributed by atoms with E-state index in [-0.39, 0.29) is 5.76 Å². The Labute approximate surface area is 96.1 Å². The summed E-state index contributed by atoms with van der Waals surface area (Å²) in [5, 5.41) is 5.67. The first kappa shape index (κ1) is 10.6. The van der Waals surface area contributed by atoms with E-state index in [4.69, 9.17) is 9.25 Å². The highest BCUT2D eigenvalue weighted by Crippen LogP contribution is 2.10. The van der Waals surface area contributed by atoms with Crippen LogP contribution in [0.5, 0.6) is 0 Å². The van der Waals surface area contributed by atoms with Gasteiger partial charge in [0, 0.05) is 0 Å². The van der Waals surface area contributed by atoms with Crippen LogP contribution >= 0.6 is 11.3 Å². The normalized spacial score (nSPS) is 11.4. The van der Waals surface area contributed by atoms with Gasteiger partial charge in [0.05, 0.1) is 16.9 Å². The summed E-state index contributed by atoms with van der Waals surface area (Å²) in [5.74, 6) is -0.455. The molecule has 0 radical (unpaired) electrons. The number of rotatable bonds is 3. The fraction of sp³-hybridized carbons (Fsp3) is 0.0909. The van der Waals surface area contributed by atoms with Gasteiger partial charge in [0.15, 0.2) is 0 Å². The Bertz CT molecular complexity index is 485. The molecule has 0 aliphatic carbocycles. The first-order valence-electron chi connectivity index (χ1n) is 4.60. The fourth-order valence-electron chi connectivity index (χ4n) is 1.08. The van der Waals surface area contributed by atoms with E-state index in [0.29, 0.717) is 5.71 Å². The van der Waals surface area contributed by atoms with Gasteiger partial charge in [0.1, 0.15) is 0 Å². The number of thiophene rings is 1. The average Bonchev–Trinajstić information content (AvgIpc) is 2.95. The molecule has 0 aliphatic rings. The van der Waals surface area contributed by atoms with Gasteiger partial charge in [0.25, 0.3) is 0 Å². The van der Waals surface area contributed by atoms with Gasteiger partial charge in [-0.3, -0.25) is 0 Å². The molecule has 0 saturated carbocycles. The van der Waals surface area contributed by atoms with E-state index < -0.39 is 5.97 Å². The Morgan fingerprint density at radius 1 is 1.44 bits per heavy atom. The van der Waals surface area contributed by atoms with E-state index in [2.05, 4.69) is 5.16 Å². The molecule has 0 aliphatic heterocycles. The molecule has 82 valence electrons. The molecule has 0 spiro atoms. The van der Waals surface area contributed by atoms with Crippen molar-refractivity contribution in [2.75, 3.05) is 0 Å². The second-order valence-corrected chi connectivity index (χ2v) is 3.96. The zero-order valence-electron chi connectivity index (χ0n) is 8.54. The van der Waals surface area contributed by atoms with Crippen molar-refractivity contribution in [1.82, 2.24) is 0 Å². The quantitative estimate of drug-likeness (QED) is 0.467. The predicted octanol–water partition coefficient (Wildman–Crippen LogP) is 2.92. The Hall–Kier alpha value is -1.88. The van der Waals surface area contributed by atoms with Crippen LogP contribution in [0, 0.1) is 0 Å². The summed E-state index contributed by atoms with van der Waals surface area (Å²) in [5.41, 5.74) is 0.662. The zero-order valence-corrected chi connectivity index (χ0v) is 9.36. The molecule has 2 aromatic heterocycles. The zero-order chi connectivity index (χ0) is 11.4. The molecule has 4 nitrogen and oxygen atoms in total. The largest absolute Gasteiger partial charge is 0.457 e. The third-order valence-electron chi connectivity index (χ3n) is 1.87. The standard InChI is InChI=1S/C11H9NO3S/c1-8(10-5-3-7-16-10)12-15-11(13)9-4-2-6-14-9/h2-7H,1H3/b12-8+. The van der Waals surface area contributed by atoms with Crippen molar-refractivity contribution in [3.8, 4) is 0 Å². The van der Waals surface area contributed by atoms with Crippen LogP contribution in [-0.4, -0.2) is 11.7 Å². The Kier molecular flexibility index (Phi) is 3.16. The molecule has 0 amide bonds. The van der Waals surface area contributed by atoms with Gasteiger partial charge >= 0.3 is 5.97 Å². The molecular formula is C11H9NO3S. The molecule has 0 atom stereocenters. The summed E-state index contributed by atoms with van der Waals surface area (Å²) >= 11 is 1.53. The number of hydrogen-bond acceptors (Lipinski definition) is 5. The lowest BCUT2D eigenvalue weighted by Crippen LogP contribution is -2.01. The molecule has 0 fully saturated rings. The first-order chi connectivity index (χ1) is 7.77. The third-order valence-corrected chi connectivity index (χ3v) is 2.84. The molecule has 0 aromatic carbocycles. The van der Waals surface area contributed by atoms with Crippen molar-refractivity contribution >= 4 is 23.0 Å². The van der Waals surface area contributed by atoms with Crippen LogP contribution < -0.4 is 0 Å². The monoisotopic (exact) mass is 235 g/mol. The number of carbonyl (C=O) groups is 1. The van der Waals surface area contributed by atoms with Crippen LogP contribution in [0.4, 0.5) is 0 Å². The minimum Gasteiger partial charge on any atom is -0.457 e. The lowest BCUT2D eigenvalue weighted by Gasteiger charge is -1.96. The highest BCUT2D eigenvalue weighted by atomic mass is 32.1. The van der Waals surface area contributed by atoms with Crippen molar-refractivity contribution < 1.29 is 14.0 Å². The molecule has 0 bridgehead atoms. The van der Waals surface area contributed by atoms with Gasteiger partial charge in [-0.05, 0) is 30.5 Å². The summed E-state index contributed by atoms with van der Waals surface area (Å²) in [6.07, 6.45) is 1.41. The van der Waals surface area contributed by atoms with E-state index in [9.17, 15) is 4.79 Å². The lowest BCUT2D eigenvalue weighted by molar-refractivity contribution is 0.0480. The fourth-order valence-corrected chi connectivity index (χ4v) is 1.75. The van der Waals surface area contributed by atoms with Crippen molar-refractivity contribution in [1.29, 1.82) is 0 Å².